The molecule has 0 unspecified atom stereocenters. The van der Waals surface area contributed by atoms with Crippen LogP contribution in [0.5, 0.6) is 5.75 Å². The minimum Gasteiger partial charge on any atom is -0.495 e. The number of aromatic nitrogens is 1. The largest absolute Gasteiger partial charge is 0.495 e. The van der Waals surface area contributed by atoms with E-state index in [1.165, 1.54) is 31.7 Å². The van der Waals surface area contributed by atoms with Gasteiger partial charge in [0, 0.05) is 18.0 Å². The lowest BCUT2D eigenvalue weighted by Crippen LogP contribution is -2.17. The maximum atomic E-state index is 13.2. The van der Waals surface area contributed by atoms with E-state index in [1.54, 1.807) is 18.2 Å². The molecular weight excluding hydrogens is 430 g/mol. The highest BCUT2D eigenvalue weighted by Crippen LogP contribution is 2.31. The van der Waals surface area contributed by atoms with Crippen LogP contribution in [0.2, 0.25) is 0 Å². The average molecular weight is 452 g/mol. The van der Waals surface area contributed by atoms with Gasteiger partial charge >= 0.3 is 0 Å². The standard InChI is InChI=1S/C23H21N3O5S/c1-14-5-4-6-15(2)22(14)26-32(28,29)21-12-17(7-8-19(21)30-3)25-23(27)16-11-20-18(24-13-16)9-10-31-20/h4-13,26H,1-3H3,(H,25,27). The minimum absolute atomic E-state index is 0.0972. The zero-order chi connectivity index (χ0) is 22.9. The van der Waals surface area contributed by atoms with Crippen LogP contribution in [0.15, 0.2) is 70.3 Å². The summed E-state index contributed by atoms with van der Waals surface area (Å²) < 4.78 is 39.5. The number of nitrogens with zero attached hydrogens (tertiary/aromatic N) is 1. The lowest BCUT2D eigenvalue weighted by atomic mass is 10.1. The number of fused-ring (bicyclic) bond motifs is 1. The Morgan fingerprint density at radius 3 is 2.53 bits per heavy atom. The lowest BCUT2D eigenvalue weighted by molar-refractivity contribution is 0.102. The summed E-state index contributed by atoms with van der Waals surface area (Å²) >= 11 is 0. The Kier molecular flexibility index (Phi) is 5.58. The number of rotatable bonds is 6. The van der Waals surface area contributed by atoms with Crippen molar-refractivity contribution in [1.29, 1.82) is 0 Å². The number of hydrogen-bond acceptors (Lipinski definition) is 6. The van der Waals surface area contributed by atoms with Gasteiger partial charge in [0.05, 0.1) is 24.6 Å². The Morgan fingerprint density at radius 2 is 1.81 bits per heavy atom. The van der Waals surface area contributed by atoms with Crippen LogP contribution in [0.25, 0.3) is 11.1 Å². The number of carbonyl (C=O) groups is 1. The monoisotopic (exact) mass is 451 g/mol. The molecule has 2 aromatic heterocycles. The number of sulfonamides is 1. The number of ether oxygens (including phenoxy) is 1. The van der Waals surface area contributed by atoms with Crippen molar-refractivity contribution in [2.75, 3.05) is 17.1 Å². The highest BCUT2D eigenvalue weighted by atomic mass is 32.2. The molecule has 2 N–H and O–H groups in total. The second-order valence-corrected chi connectivity index (χ2v) is 8.87. The van der Waals surface area contributed by atoms with Crippen molar-refractivity contribution in [2.45, 2.75) is 18.7 Å². The van der Waals surface area contributed by atoms with E-state index < -0.39 is 15.9 Å². The molecule has 0 saturated heterocycles. The van der Waals surface area contributed by atoms with Gasteiger partial charge in [0.25, 0.3) is 15.9 Å². The van der Waals surface area contributed by atoms with Crippen LogP contribution in [0.3, 0.4) is 0 Å². The third-order valence-electron chi connectivity index (χ3n) is 4.99. The number of carbonyl (C=O) groups excluding carboxylic acids is 1. The van der Waals surface area contributed by atoms with Gasteiger partial charge in [0.15, 0.2) is 5.58 Å². The molecular formula is C23H21N3O5S. The van der Waals surface area contributed by atoms with Gasteiger partial charge in [-0.3, -0.25) is 14.5 Å². The van der Waals surface area contributed by atoms with Crippen molar-refractivity contribution in [2.24, 2.45) is 0 Å². The smallest absolute Gasteiger partial charge is 0.265 e. The Morgan fingerprint density at radius 1 is 1.06 bits per heavy atom. The molecule has 164 valence electrons. The number of hydrogen-bond donors (Lipinski definition) is 2. The van der Waals surface area contributed by atoms with Gasteiger partial charge < -0.3 is 14.5 Å². The third kappa shape index (κ3) is 4.15. The number of para-hydroxylation sites is 1. The van der Waals surface area contributed by atoms with E-state index in [1.807, 2.05) is 32.0 Å². The van der Waals surface area contributed by atoms with Crippen LogP contribution >= 0.6 is 0 Å². The molecule has 0 aliphatic rings. The zero-order valence-corrected chi connectivity index (χ0v) is 18.5. The van der Waals surface area contributed by atoms with Gasteiger partial charge in [-0.15, -0.1) is 0 Å². The van der Waals surface area contributed by atoms with Gasteiger partial charge in [-0.25, -0.2) is 8.42 Å². The first-order valence-electron chi connectivity index (χ1n) is 9.70. The fourth-order valence-corrected chi connectivity index (χ4v) is 4.70. The predicted octanol–water partition coefficient (Wildman–Crippen LogP) is 4.51. The fraction of sp³-hybridized carbons (Fsp3) is 0.130. The lowest BCUT2D eigenvalue weighted by Gasteiger charge is -2.16. The molecule has 2 aromatic carbocycles. The second kappa shape index (κ2) is 8.35. The van der Waals surface area contributed by atoms with Gasteiger partial charge in [0.1, 0.15) is 16.2 Å². The van der Waals surface area contributed by atoms with Crippen LogP contribution < -0.4 is 14.8 Å². The molecule has 0 aliphatic heterocycles. The van der Waals surface area contributed by atoms with E-state index >= 15 is 0 Å². The van der Waals surface area contributed by atoms with Crippen molar-refractivity contribution >= 4 is 38.4 Å². The number of aryl methyl sites for hydroxylation is 2. The first-order chi connectivity index (χ1) is 15.3. The molecule has 0 fully saturated rings. The molecule has 9 heteroatoms. The Bertz CT molecular complexity index is 1410. The molecule has 0 radical (unpaired) electrons. The summed E-state index contributed by atoms with van der Waals surface area (Å²) in [5.41, 5.74) is 3.77. The van der Waals surface area contributed by atoms with Crippen LogP contribution in [-0.4, -0.2) is 26.4 Å². The Labute approximate surface area is 185 Å². The number of nitrogens with one attached hydrogen (secondary N) is 2. The van der Waals surface area contributed by atoms with E-state index in [4.69, 9.17) is 9.15 Å². The van der Waals surface area contributed by atoms with Crippen molar-refractivity contribution in [3.63, 3.8) is 0 Å². The molecule has 2 heterocycles. The number of furan rings is 1. The van der Waals surface area contributed by atoms with Crippen molar-refractivity contribution in [1.82, 2.24) is 4.98 Å². The summed E-state index contributed by atoms with van der Waals surface area (Å²) in [4.78, 5) is 16.8. The number of methoxy groups -OCH3 is 1. The van der Waals surface area contributed by atoms with E-state index in [9.17, 15) is 13.2 Å². The van der Waals surface area contributed by atoms with E-state index in [0.717, 1.165) is 11.1 Å². The van der Waals surface area contributed by atoms with Gasteiger partial charge in [-0.2, -0.15) is 0 Å². The highest BCUT2D eigenvalue weighted by molar-refractivity contribution is 7.92. The van der Waals surface area contributed by atoms with Crippen LogP contribution in [0.4, 0.5) is 11.4 Å². The number of anilines is 2. The van der Waals surface area contributed by atoms with Crippen molar-refractivity contribution in [3.8, 4) is 5.75 Å². The Hall–Kier alpha value is -3.85. The number of pyridine rings is 1. The molecule has 0 aliphatic carbocycles. The fourth-order valence-electron chi connectivity index (χ4n) is 3.30. The molecule has 8 nitrogen and oxygen atoms in total. The topological polar surface area (TPSA) is 111 Å². The normalized spacial score (nSPS) is 11.3. The van der Waals surface area contributed by atoms with Gasteiger partial charge in [-0.05, 0) is 49.2 Å². The van der Waals surface area contributed by atoms with Crippen LogP contribution in [0, 0.1) is 13.8 Å². The molecule has 0 atom stereocenters. The molecule has 0 spiro atoms. The first kappa shape index (κ1) is 21.4. The molecule has 4 aromatic rings. The maximum Gasteiger partial charge on any atom is 0.265 e. The maximum absolute atomic E-state index is 13.2. The first-order valence-corrected chi connectivity index (χ1v) is 11.2. The molecule has 32 heavy (non-hydrogen) atoms. The van der Waals surface area contributed by atoms with Crippen molar-refractivity contribution in [3.05, 3.63) is 77.7 Å². The number of amides is 1. The summed E-state index contributed by atoms with van der Waals surface area (Å²) in [7, 11) is -2.61. The second-order valence-electron chi connectivity index (χ2n) is 7.22. The summed E-state index contributed by atoms with van der Waals surface area (Å²) in [6.07, 6.45) is 2.92. The summed E-state index contributed by atoms with van der Waals surface area (Å²) in [5.74, 6) is -0.299. The van der Waals surface area contributed by atoms with E-state index in [0.29, 0.717) is 16.8 Å². The van der Waals surface area contributed by atoms with E-state index in [-0.39, 0.29) is 21.9 Å². The number of benzene rings is 2. The molecule has 0 saturated carbocycles. The van der Waals surface area contributed by atoms with Crippen LogP contribution in [-0.2, 0) is 10.0 Å². The molecule has 1 amide bonds. The molecule has 0 bridgehead atoms. The highest BCUT2D eigenvalue weighted by Gasteiger charge is 2.22. The Balaban J connectivity index is 1.65. The average Bonchev–Trinajstić information content (AvgIpc) is 3.24. The summed E-state index contributed by atoms with van der Waals surface area (Å²) in [5, 5.41) is 2.70. The van der Waals surface area contributed by atoms with Crippen LogP contribution in [0.1, 0.15) is 21.5 Å². The molecule has 4 rings (SSSR count). The third-order valence-corrected chi connectivity index (χ3v) is 6.36. The SMILES string of the molecule is COc1ccc(NC(=O)c2cnc3ccoc3c2)cc1S(=O)(=O)Nc1c(C)cccc1C. The summed E-state index contributed by atoms with van der Waals surface area (Å²) in [6, 6.07) is 13.2. The predicted molar refractivity (Wildman–Crippen MR) is 122 cm³/mol. The van der Waals surface area contributed by atoms with Crippen molar-refractivity contribution < 1.29 is 22.4 Å². The summed E-state index contributed by atoms with van der Waals surface area (Å²) in [6.45, 7) is 3.64. The zero-order valence-electron chi connectivity index (χ0n) is 17.7. The van der Waals surface area contributed by atoms with E-state index in [2.05, 4.69) is 15.0 Å². The quantitative estimate of drug-likeness (QED) is 0.446. The van der Waals surface area contributed by atoms with Gasteiger partial charge in [-0.1, -0.05) is 18.2 Å². The minimum atomic E-state index is -4.00. The van der Waals surface area contributed by atoms with Gasteiger partial charge in [0.2, 0.25) is 0 Å².